The van der Waals surface area contributed by atoms with E-state index in [2.05, 4.69) is 15.6 Å². The quantitative estimate of drug-likeness (QED) is 0.887. The summed E-state index contributed by atoms with van der Waals surface area (Å²) in [6.07, 6.45) is 2.42. The van der Waals surface area contributed by atoms with Gasteiger partial charge in [0.05, 0.1) is 5.69 Å². The van der Waals surface area contributed by atoms with E-state index in [-0.39, 0.29) is 17.7 Å². The van der Waals surface area contributed by atoms with E-state index in [0.29, 0.717) is 11.6 Å². The van der Waals surface area contributed by atoms with E-state index in [1.807, 2.05) is 36.6 Å². The van der Waals surface area contributed by atoms with Crippen LogP contribution in [0.15, 0.2) is 29.6 Å². The molecule has 1 aromatic carbocycles. The maximum absolute atomic E-state index is 11.7. The number of nitrogens with one attached hydrogen (secondary N) is 2. The van der Waals surface area contributed by atoms with E-state index < -0.39 is 0 Å². The number of hydrogen-bond donors (Lipinski definition) is 2. The van der Waals surface area contributed by atoms with E-state index in [1.165, 1.54) is 11.3 Å². The van der Waals surface area contributed by atoms with Crippen LogP contribution in [0.5, 0.6) is 0 Å². The van der Waals surface area contributed by atoms with Crippen LogP contribution in [0.4, 0.5) is 10.8 Å². The first kappa shape index (κ1) is 14.7. The average molecular weight is 315 g/mol. The first-order valence-corrected chi connectivity index (χ1v) is 8.20. The fraction of sp³-hybridized carbons (Fsp3) is 0.312. The number of benzene rings is 1. The van der Waals surface area contributed by atoms with E-state index in [9.17, 15) is 9.59 Å². The molecule has 6 heteroatoms. The molecule has 3 rings (SSSR count). The maximum atomic E-state index is 11.7. The lowest BCUT2D eigenvalue weighted by atomic mass is 10.1. The Morgan fingerprint density at radius 3 is 2.59 bits per heavy atom. The highest BCUT2D eigenvalue weighted by molar-refractivity contribution is 7.14. The normalized spacial score (nSPS) is 13.7. The van der Waals surface area contributed by atoms with Crippen LogP contribution >= 0.6 is 11.3 Å². The summed E-state index contributed by atoms with van der Waals surface area (Å²) in [6.45, 7) is 1.82. The summed E-state index contributed by atoms with van der Waals surface area (Å²) in [5.41, 5.74) is 2.55. The van der Waals surface area contributed by atoms with Gasteiger partial charge in [-0.15, -0.1) is 11.3 Å². The molecule has 22 heavy (non-hydrogen) atoms. The van der Waals surface area contributed by atoms with Gasteiger partial charge in [-0.05, 0) is 25.0 Å². The number of carbonyl (C=O) groups is 2. The molecule has 0 spiro atoms. The molecule has 0 unspecified atom stereocenters. The fourth-order valence-electron chi connectivity index (χ4n) is 1.99. The van der Waals surface area contributed by atoms with Crippen molar-refractivity contribution in [2.75, 3.05) is 10.6 Å². The summed E-state index contributed by atoms with van der Waals surface area (Å²) < 4.78 is 0. The minimum Gasteiger partial charge on any atom is -0.326 e. The number of aromatic nitrogens is 1. The highest BCUT2D eigenvalue weighted by Gasteiger charge is 2.30. The molecule has 1 fully saturated rings. The van der Waals surface area contributed by atoms with Gasteiger partial charge in [0.25, 0.3) is 0 Å². The minimum absolute atomic E-state index is 0.00789. The lowest BCUT2D eigenvalue weighted by Gasteiger charge is -2.04. The van der Waals surface area contributed by atoms with Crippen molar-refractivity contribution in [2.24, 2.45) is 5.92 Å². The van der Waals surface area contributed by atoms with Crippen LogP contribution in [0.2, 0.25) is 0 Å². The second-order valence-corrected chi connectivity index (χ2v) is 6.14. The summed E-state index contributed by atoms with van der Waals surface area (Å²) in [5.74, 6) is 0.235. The van der Waals surface area contributed by atoms with Gasteiger partial charge < -0.3 is 10.6 Å². The van der Waals surface area contributed by atoms with Gasteiger partial charge >= 0.3 is 0 Å². The van der Waals surface area contributed by atoms with Crippen LogP contribution in [0.3, 0.4) is 0 Å². The summed E-state index contributed by atoms with van der Waals surface area (Å²) in [6, 6.07) is 7.52. The highest BCUT2D eigenvalue weighted by atomic mass is 32.1. The zero-order chi connectivity index (χ0) is 15.5. The summed E-state index contributed by atoms with van der Waals surface area (Å²) in [5, 5.41) is 8.21. The molecule has 2 amide bonds. The van der Waals surface area contributed by atoms with Gasteiger partial charge in [-0.3, -0.25) is 9.59 Å². The maximum Gasteiger partial charge on any atom is 0.229 e. The molecular formula is C16H17N3O2S. The second-order valence-electron chi connectivity index (χ2n) is 5.28. The fourth-order valence-corrected chi connectivity index (χ4v) is 2.71. The number of carbonyl (C=O) groups excluding carboxylic acids is 2. The van der Waals surface area contributed by atoms with Crippen LogP contribution in [0.1, 0.15) is 26.2 Å². The highest BCUT2D eigenvalue weighted by Crippen LogP contribution is 2.31. The van der Waals surface area contributed by atoms with Gasteiger partial charge in [-0.2, -0.15) is 0 Å². The third-order valence-electron chi connectivity index (χ3n) is 3.47. The number of hydrogen-bond acceptors (Lipinski definition) is 4. The predicted octanol–water partition coefficient (Wildman–Crippen LogP) is 3.51. The Balaban J connectivity index is 1.67. The van der Waals surface area contributed by atoms with E-state index >= 15 is 0 Å². The van der Waals surface area contributed by atoms with Crippen LogP contribution in [0, 0.1) is 5.92 Å². The van der Waals surface area contributed by atoms with Crippen LogP contribution < -0.4 is 10.6 Å². The molecule has 0 saturated heterocycles. The molecule has 1 aliphatic carbocycles. The molecule has 1 saturated carbocycles. The van der Waals surface area contributed by atoms with Gasteiger partial charge in [0.1, 0.15) is 0 Å². The van der Waals surface area contributed by atoms with Crippen molar-refractivity contribution in [3.05, 3.63) is 29.6 Å². The standard InChI is InChI=1S/C16H17N3O2S/c1-2-14(20)17-12-7-5-10(6-8-12)13-9-22-16(18-13)19-15(21)11-3-4-11/h5-9,11H,2-4H2,1H3,(H,17,20)(H,18,19,21). The summed E-state index contributed by atoms with van der Waals surface area (Å²) >= 11 is 1.42. The van der Waals surface area contributed by atoms with Crippen molar-refractivity contribution in [3.63, 3.8) is 0 Å². The first-order valence-electron chi connectivity index (χ1n) is 7.32. The van der Waals surface area contributed by atoms with Crippen molar-refractivity contribution in [2.45, 2.75) is 26.2 Å². The Morgan fingerprint density at radius 1 is 1.23 bits per heavy atom. The van der Waals surface area contributed by atoms with Crippen LogP contribution in [-0.2, 0) is 9.59 Å². The Kier molecular flexibility index (Phi) is 4.20. The summed E-state index contributed by atoms with van der Waals surface area (Å²) in [7, 11) is 0. The van der Waals surface area contributed by atoms with Crippen LogP contribution in [0.25, 0.3) is 11.3 Å². The molecule has 1 heterocycles. The number of anilines is 2. The molecule has 1 aromatic heterocycles. The molecule has 0 aliphatic heterocycles. The topological polar surface area (TPSA) is 71.1 Å². The minimum atomic E-state index is -0.00789. The van der Waals surface area contributed by atoms with Gasteiger partial charge in [-0.25, -0.2) is 4.98 Å². The Hall–Kier alpha value is -2.21. The van der Waals surface area contributed by atoms with Crippen LogP contribution in [-0.4, -0.2) is 16.8 Å². The van der Waals surface area contributed by atoms with Gasteiger partial charge in [0, 0.05) is 29.0 Å². The van der Waals surface area contributed by atoms with E-state index in [1.54, 1.807) is 0 Å². The van der Waals surface area contributed by atoms with E-state index in [0.717, 1.165) is 29.8 Å². The third kappa shape index (κ3) is 3.51. The lowest BCUT2D eigenvalue weighted by Crippen LogP contribution is -2.12. The van der Waals surface area contributed by atoms with Gasteiger partial charge in [-0.1, -0.05) is 19.1 Å². The van der Waals surface area contributed by atoms with Crippen molar-refractivity contribution in [1.29, 1.82) is 0 Å². The Bertz CT molecular complexity index is 690. The zero-order valence-corrected chi connectivity index (χ0v) is 13.1. The zero-order valence-electron chi connectivity index (χ0n) is 12.3. The number of nitrogens with zero attached hydrogens (tertiary/aromatic N) is 1. The molecule has 5 nitrogen and oxygen atoms in total. The molecule has 1 aliphatic rings. The number of rotatable bonds is 5. The molecular weight excluding hydrogens is 298 g/mol. The largest absolute Gasteiger partial charge is 0.326 e. The number of amides is 2. The van der Waals surface area contributed by atoms with E-state index in [4.69, 9.17) is 0 Å². The van der Waals surface area contributed by atoms with Gasteiger partial charge in [0.2, 0.25) is 11.8 Å². The van der Waals surface area contributed by atoms with Crippen molar-refractivity contribution >= 4 is 34.0 Å². The smallest absolute Gasteiger partial charge is 0.229 e. The monoisotopic (exact) mass is 315 g/mol. The van der Waals surface area contributed by atoms with Crippen molar-refractivity contribution in [1.82, 2.24) is 4.98 Å². The summed E-state index contributed by atoms with van der Waals surface area (Å²) in [4.78, 5) is 27.5. The molecule has 0 atom stereocenters. The van der Waals surface area contributed by atoms with Gasteiger partial charge in [0.15, 0.2) is 5.13 Å². The average Bonchev–Trinajstić information content (AvgIpc) is 3.28. The third-order valence-corrected chi connectivity index (χ3v) is 4.23. The molecule has 2 aromatic rings. The molecule has 2 N–H and O–H groups in total. The molecule has 114 valence electrons. The predicted molar refractivity (Wildman–Crippen MR) is 87.8 cm³/mol. The Morgan fingerprint density at radius 2 is 1.95 bits per heavy atom. The van der Waals surface area contributed by atoms with Crippen molar-refractivity contribution < 1.29 is 9.59 Å². The molecule has 0 bridgehead atoms. The molecule has 0 radical (unpaired) electrons. The second kappa shape index (κ2) is 6.27. The van der Waals surface area contributed by atoms with Crippen molar-refractivity contribution in [3.8, 4) is 11.3 Å². The SMILES string of the molecule is CCC(=O)Nc1ccc(-c2csc(NC(=O)C3CC3)n2)cc1. The first-order chi connectivity index (χ1) is 10.7. The Labute approximate surface area is 132 Å². The lowest BCUT2D eigenvalue weighted by molar-refractivity contribution is -0.117. The number of thiazole rings is 1.